The summed E-state index contributed by atoms with van der Waals surface area (Å²) in [4.78, 5) is 36.3. The smallest absolute Gasteiger partial charge is 0.287 e. The second-order valence-corrected chi connectivity index (χ2v) is 6.29. The summed E-state index contributed by atoms with van der Waals surface area (Å²) in [6.45, 7) is 3.51. The number of hydrogen-bond acceptors (Lipinski definition) is 6. The van der Waals surface area contributed by atoms with Gasteiger partial charge in [0.05, 0.1) is 19.9 Å². The largest absolute Gasteiger partial charge is 0.497 e. The maximum absolute atomic E-state index is 12.3. The fourth-order valence-corrected chi connectivity index (χ4v) is 2.30. The van der Waals surface area contributed by atoms with E-state index in [0.717, 1.165) is 5.69 Å². The van der Waals surface area contributed by atoms with Crippen LogP contribution in [0.3, 0.4) is 0 Å². The van der Waals surface area contributed by atoms with Crippen molar-refractivity contribution in [2.45, 2.75) is 19.9 Å². The van der Waals surface area contributed by atoms with Crippen LogP contribution in [0.1, 0.15) is 24.4 Å². The van der Waals surface area contributed by atoms with Gasteiger partial charge in [-0.1, -0.05) is 13.8 Å². The van der Waals surface area contributed by atoms with Crippen LogP contribution in [0.15, 0.2) is 47.1 Å². The van der Waals surface area contributed by atoms with Crippen molar-refractivity contribution in [3.8, 4) is 5.75 Å². The van der Waals surface area contributed by atoms with Crippen molar-refractivity contribution in [2.24, 2.45) is 5.92 Å². The molecule has 9 heteroatoms. The molecule has 3 amide bonds. The number of benzene rings is 1. The number of hydrazine groups is 1. The van der Waals surface area contributed by atoms with Crippen LogP contribution in [-0.2, 0) is 9.59 Å². The SMILES string of the molecule is COc1ccc(NCC(=O)NNC(=O)C(NC(=O)c2ccco2)C(C)C)cc1. The Balaban J connectivity index is 1.80. The summed E-state index contributed by atoms with van der Waals surface area (Å²) in [5, 5.41) is 5.51. The summed E-state index contributed by atoms with van der Waals surface area (Å²) in [5.41, 5.74) is 5.37. The van der Waals surface area contributed by atoms with E-state index < -0.39 is 23.8 Å². The summed E-state index contributed by atoms with van der Waals surface area (Å²) in [5.74, 6) is -0.874. The minimum atomic E-state index is -0.840. The lowest BCUT2D eigenvalue weighted by Gasteiger charge is -2.21. The quantitative estimate of drug-likeness (QED) is 0.506. The van der Waals surface area contributed by atoms with Crippen molar-refractivity contribution in [3.63, 3.8) is 0 Å². The molecule has 2 aromatic rings. The fourth-order valence-electron chi connectivity index (χ4n) is 2.30. The van der Waals surface area contributed by atoms with Crippen LogP contribution in [0.25, 0.3) is 0 Å². The Labute approximate surface area is 162 Å². The van der Waals surface area contributed by atoms with E-state index in [-0.39, 0.29) is 18.2 Å². The number of nitrogens with one attached hydrogen (secondary N) is 4. The van der Waals surface area contributed by atoms with Gasteiger partial charge in [-0.15, -0.1) is 0 Å². The molecule has 0 aliphatic carbocycles. The van der Waals surface area contributed by atoms with Gasteiger partial charge in [0.25, 0.3) is 17.7 Å². The maximum atomic E-state index is 12.3. The summed E-state index contributed by atoms with van der Waals surface area (Å²) in [6.07, 6.45) is 1.37. The van der Waals surface area contributed by atoms with Crippen LogP contribution in [-0.4, -0.2) is 37.4 Å². The van der Waals surface area contributed by atoms with Crippen LogP contribution < -0.4 is 26.2 Å². The van der Waals surface area contributed by atoms with Gasteiger partial charge in [0.15, 0.2) is 5.76 Å². The lowest BCUT2D eigenvalue weighted by molar-refractivity contribution is -0.129. The monoisotopic (exact) mass is 388 g/mol. The number of carbonyl (C=O) groups excluding carboxylic acids is 3. The Morgan fingerprint density at radius 2 is 1.79 bits per heavy atom. The molecule has 0 saturated carbocycles. The average molecular weight is 388 g/mol. The molecule has 1 aromatic carbocycles. The summed E-state index contributed by atoms with van der Waals surface area (Å²) < 4.78 is 10.1. The first-order valence-electron chi connectivity index (χ1n) is 8.71. The minimum absolute atomic E-state index is 0.0439. The molecule has 1 unspecified atom stereocenters. The van der Waals surface area contributed by atoms with Crippen molar-refractivity contribution in [3.05, 3.63) is 48.4 Å². The van der Waals surface area contributed by atoms with E-state index in [1.165, 1.54) is 12.3 Å². The molecule has 0 spiro atoms. The highest BCUT2D eigenvalue weighted by molar-refractivity contribution is 5.96. The Kier molecular flexibility index (Phi) is 7.44. The molecular formula is C19H24N4O5. The molecule has 4 N–H and O–H groups in total. The average Bonchev–Trinajstić information content (AvgIpc) is 3.23. The van der Waals surface area contributed by atoms with Crippen LogP contribution in [0.2, 0.25) is 0 Å². The number of furan rings is 1. The third-order valence-corrected chi connectivity index (χ3v) is 3.85. The first-order valence-corrected chi connectivity index (χ1v) is 8.71. The zero-order valence-corrected chi connectivity index (χ0v) is 15.9. The summed E-state index contributed by atoms with van der Waals surface area (Å²) in [6, 6.07) is 9.29. The molecule has 150 valence electrons. The second kappa shape index (κ2) is 10.0. The van der Waals surface area contributed by atoms with Gasteiger partial charge in [0, 0.05) is 5.69 Å². The number of anilines is 1. The first-order chi connectivity index (χ1) is 13.4. The lowest BCUT2D eigenvalue weighted by atomic mass is 10.0. The van der Waals surface area contributed by atoms with Gasteiger partial charge in [-0.2, -0.15) is 0 Å². The molecule has 1 aromatic heterocycles. The second-order valence-electron chi connectivity index (χ2n) is 6.29. The Morgan fingerprint density at radius 1 is 1.07 bits per heavy atom. The van der Waals surface area contributed by atoms with E-state index >= 15 is 0 Å². The minimum Gasteiger partial charge on any atom is -0.497 e. The third-order valence-electron chi connectivity index (χ3n) is 3.85. The maximum Gasteiger partial charge on any atom is 0.287 e. The van der Waals surface area contributed by atoms with Crippen molar-refractivity contribution in [1.29, 1.82) is 0 Å². The zero-order valence-electron chi connectivity index (χ0n) is 15.9. The Hall–Kier alpha value is -3.49. The highest BCUT2D eigenvalue weighted by Gasteiger charge is 2.25. The van der Waals surface area contributed by atoms with Crippen LogP contribution in [0, 0.1) is 5.92 Å². The molecule has 2 rings (SSSR count). The highest BCUT2D eigenvalue weighted by atomic mass is 16.5. The number of methoxy groups -OCH3 is 1. The molecule has 0 fully saturated rings. The molecule has 0 radical (unpaired) electrons. The number of ether oxygens (including phenoxy) is 1. The molecule has 1 atom stereocenters. The van der Waals surface area contributed by atoms with Crippen molar-refractivity contribution in [2.75, 3.05) is 19.0 Å². The number of carbonyl (C=O) groups is 3. The predicted octanol–water partition coefficient (Wildman–Crippen LogP) is 1.30. The van der Waals surface area contributed by atoms with E-state index in [9.17, 15) is 14.4 Å². The van der Waals surface area contributed by atoms with E-state index in [1.54, 1.807) is 51.3 Å². The molecule has 9 nitrogen and oxygen atoms in total. The van der Waals surface area contributed by atoms with E-state index in [0.29, 0.717) is 5.75 Å². The van der Waals surface area contributed by atoms with Gasteiger partial charge >= 0.3 is 0 Å². The fraction of sp³-hybridized carbons (Fsp3) is 0.316. The first kappa shape index (κ1) is 20.8. The molecule has 0 aliphatic rings. The number of hydrogen-bond donors (Lipinski definition) is 4. The Morgan fingerprint density at radius 3 is 2.36 bits per heavy atom. The van der Waals surface area contributed by atoms with Gasteiger partial charge in [-0.3, -0.25) is 25.2 Å². The summed E-state index contributed by atoms with van der Waals surface area (Å²) in [7, 11) is 1.57. The predicted molar refractivity (Wildman–Crippen MR) is 103 cm³/mol. The number of rotatable bonds is 8. The third kappa shape index (κ3) is 6.04. The van der Waals surface area contributed by atoms with E-state index in [1.807, 2.05) is 0 Å². The molecule has 0 saturated heterocycles. The summed E-state index contributed by atoms with van der Waals surface area (Å²) >= 11 is 0. The van der Waals surface area contributed by atoms with Crippen molar-refractivity contribution >= 4 is 23.4 Å². The van der Waals surface area contributed by atoms with Crippen molar-refractivity contribution in [1.82, 2.24) is 16.2 Å². The van der Waals surface area contributed by atoms with Crippen LogP contribution >= 0.6 is 0 Å². The van der Waals surface area contributed by atoms with Gasteiger partial charge < -0.3 is 19.8 Å². The van der Waals surface area contributed by atoms with Gasteiger partial charge in [0.1, 0.15) is 11.8 Å². The van der Waals surface area contributed by atoms with Crippen molar-refractivity contribution < 1.29 is 23.5 Å². The lowest BCUT2D eigenvalue weighted by Crippen LogP contribution is -2.55. The van der Waals surface area contributed by atoms with Gasteiger partial charge in [-0.25, -0.2) is 0 Å². The number of amides is 3. The molecule has 0 bridgehead atoms. The molecular weight excluding hydrogens is 364 g/mol. The standard InChI is InChI=1S/C19H24N4O5/c1-12(2)17(21-18(25)15-5-4-10-28-15)19(26)23-22-16(24)11-20-13-6-8-14(27-3)9-7-13/h4-10,12,17,20H,11H2,1-3H3,(H,21,25)(H,22,24)(H,23,26). The molecule has 1 heterocycles. The topological polar surface area (TPSA) is 122 Å². The Bertz CT molecular complexity index is 787. The molecule has 28 heavy (non-hydrogen) atoms. The van der Waals surface area contributed by atoms with Crippen LogP contribution in [0.4, 0.5) is 5.69 Å². The van der Waals surface area contributed by atoms with E-state index in [2.05, 4.69) is 21.5 Å². The van der Waals surface area contributed by atoms with E-state index in [4.69, 9.17) is 9.15 Å². The van der Waals surface area contributed by atoms with Gasteiger partial charge in [-0.05, 0) is 42.3 Å². The zero-order chi connectivity index (χ0) is 20.5. The van der Waals surface area contributed by atoms with Crippen LogP contribution in [0.5, 0.6) is 5.75 Å². The normalized spacial score (nSPS) is 11.4. The van der Waals surface area contributed by atoms with Gasteiger partial charge in [0.2, 0.25) is 0 Å². The molecule has 0 aliphatic heterocycles. The highest BCUT2D eigenvalue weighted by Crippen LogP contribution is 2.14.